The first-order valence-corrected chi connectivity index (χ1v) is 27.7. The Morgan fingerprint density at radius 2 is 1.37 bits per heavy atom. The van der Waals surface area contributed by atoms with E-state index in [1.54, 1.807) is 19.4 Å². The molecule has 6 aliphatic carbocycles. The molecule has 0 heterocycles. The lowest BCUT2D eigenvalue weighted by Gasteiger charge is -2.45. The fourth-order valence-electron chi connectivity index (χ4n) is 16.1. The molecular weight excluding hydrogens is 751 g/mol. The van der Waals surface area contributed by atoms with Crippen LogP contribution in [0.1, 0.15) is 237 Å². The Morgan fingerprint density at radius 3 is 1.98 bits per heavy atom. The molecule has 0 N–H and O–H groups in total. The zero-order valence-electron chi connectivity index (χ0n) is 42.0. The van der Waals surface area contributed by atoms with E-state index in [9.17, 15) is 4.39 Å². The van der Waals surface area contributed by atoms with E-state index < -0.39 is 5.67 Å². The smallest absolute Gasteiger partial charge is 0.105 e. The molecule has 13 atom stereocenters. The molecule has 0 amide bonds. The van der Waals surface area contributed by atoms with Crippen molar-refractivity contribution in [2.24, 2.45) is 106 Å². The molecule has 0 bridgehead atoms. The van der Waals surface area contributed by atoms with Crippen LogP contribution in [-0.4, -0.2) is 11.0 Å². The number of allylic oxidation sites excluding steroid dienone is 1. The summed E-state index contributed by atoms with van der Waals surface area (Å²) < 4.78 is 14.8. The van der Waals surface area contributed by atoms with Gasteiger partial charge in [-0.3, -0.25) is 0 Å². The van der Waals surface area contributed by atoms with Gasteiger partial charge in [0.2, 0.25) is 0 Å². The maximum atomic E-state index is 14.8. The number of alkyl halides is 2. The molecule has 6 saturated carbocycles. The van der Waals surface area contributed by atoms with Crippen LogP contribution in [0, 0.1) is 106 Å². The van der Waals surface area contributed by atoms with E-state index >= 15 is 0 Å². The van der Waals surface area contributed by atoms with Gasteiger partial charge in [0.15, 0.2) is 0 Å². The van der Waals surface area contributed by atoms with Crippen LogP contribution in [0.5, 0.6) is 0 Å². The van der Waals surface area contributed by atoms with Gasteiger partial charge in [-0.25, -0.2) is 4.39 Å². The van der Waals surface area contributed by atoms with Gasteiger partial charge in [-0.2, -0.15) is 0 Å². The van der Waals surface area contributed by atoms with E-state index in [-0.39, 0.29) is 0 Å². The van der Waals surface area contributed by atoms with Gasteiger partial charge < -0.3 is 0 Å². The molecule has 0 aromatic rings. The highest BCUT2D eigenvalue weighted by Gasteiger charge is 2.53. The van der Waals surface area contributed by atoms with Crippen LogP contribution in [-0.2, 0) is 0 Å². The summed E-state index contributed by atoms with van der Waals surface area (Å²) in [5.41, 5.74) is 1.54. The minimum Gasteiger partial charge on any atom is -0.245 e. The highest BCUT2D eigenvalue weighted by molar-refractivity contribution is 6.20. The van der Waals surface area contributed by atoms with Gasteiger partial charge in [0.25, 0.3) is 0 Å². The van der Waals surface area contributed by atoms with Crippen molar-refractivity contribution in [2.75, 3.05) is 0 Å². The second-order valence-electron chi connectivity index (χ2n) is 26.4. The second-order valence-corrected chi connectivity index (χ2v) is 27.0. The molecule has 0 aromatic carbocycles. The normalized spacial score (nSPS) is 39.1. The molecule has 6 rings (SSSR count). The number of hydrogen-bond donors (Lipinski definition) is 0. The minimum absolute atomic E-state index is 0.373. The van der Waals surface area contributed by atoms with Crippen molar-refractivity contribution < 1.29 is 4.39 Å². The summed E-state index contributed by atoms with van der Waals surface area (Å²) in [5, 5.41) is 0.419. The average Bonchev–Trinajstić information content (AvgIpc) is 3.85. The molecule has 60 heavy (non-hydrogen) atoms. The summed E-state index contributed by atoms with van der Waals surface area (Å²) in [5.74, 6) is 13.2. The van der Waals surface area contributed by atoms with Gasteiger partial charge in [0.05, 0.1) is 0 Å². The molecule has 6 fully saturated rings. The molecule has 0 spiro atoms. The molecule has 0 radical (unpaired) electrons. The van der Waals surface area contributed by atoms with Crippen LogP contribution in [0.3, 0.4) is 0 Å². The second kappa shape index (κ2) is 21.1. The van der Waals surface area contributed by atoms with Crippen molar-refractivity contribution in [2.45, 2.75) is 248 Å². The predicted molar refractivity (Wildman–Crippen MR) is 261 cm³/mol. The monoisotopic (exact) mass is 853 g/mol. The Bertz CT molecular complexity index is 1300. The van der Waals surface area contributed by atoms with Crippen molar-refractivity contribution in [3.8, 4) is 0 Å². The van der Waals surface area contributed by atoms with E-state index in [1.807, 2.05) is 0 Å². The van der Waals surface area contributed by atoms with Crippen molar-refractivity contribution in [3.63, 3.8) is 0 Å². The van der Waals surface area contributed by atoms with Gasteiger partial charge in [-0.05, 0) is 241 Å². The minimum atomic E-state index is -1.04. The van der Waals surface area contributed by atoms with Crippen molar-refractivity contribution in [3.05, 3.63) is 12.2 Å². The van der Waals surface area contributed by atoms with E-state index in [0.717, 1.165) is 95.7 Å². The van der Waals surface area contributed by atoms with Crippen LogP contribution in [0.25, 0.3) is 0 Å². The Morgan fingerprint density at radius 1 is 0.717 bits per heavy atom. The zero-order chi connectivity index (χ0) is 43.6. The molecule has 2 heteroatoms. The van der Waals surface area contributed by atoms with Gasteiger partial charge >= 0.3 is 0 Å². The van der Waals surface area contributed by atoms with E-state index in [1.165, 1.54) is 148 Å². The van der Waals surface area contributed by atoms with Crippen LogP contribution in [0.15, 0.2) is 12.2 Å². The SMILES string of the molecule is C=C(C1CCCC(C2CCC(C)CC2)C1)C(C)C(C)C(C)CC(C)(C)CC(C)C(C)C1CCC(CC2CC(CCC(C)(C)F)CC(CC3(C4CCC(Cl)C4)CC3)C2C)CC1. The third-order valence-electron chi connectivity index (χ3n) is 20.9. The van der Waals surface area contributed by atoms with Gasteiger partial charge in [-0.1, -0.05) is 113 Å². The molecular formula is C58H102ClF. The zero-order valence-corrected chi connectivity index (χ0v) is 42.7. The highest BCUT2D eigenvalue weighted by atomic mass is 35.5. The van der Waals surface area contributed by atoms with E-state index in [2.05, 4.69) is 62.3 Å². The van der Waals surface area contributed by atoms with Gasteiger partial charge in [-0.15, -0.1) is 11.6 Å². The summed E-state index contributed by atoms with van der Waals surface area (Å²) in [6.45, 7) is 31.7. The first kappa shape index (κ1) is 49.4. The Balaban J connectivity index is 0.954. The van der Waals surface area contributed by atoms with Crippen LogP contribution < -0.4 is 0 Å². The van der Waals surface area contributed by atoms with Gasteiger partial charge in [0, 0.05) is 5.38 Å². The summed E-state index contributed by atoms with van der Waals surface area (Å²) in [6, 6.07) is 0. The third kappa shape index (κ3) is 13.3. The topological polar surface area (TPSA) is 0 Å². The standard InChI is InChI=1S/C58H102ClF/c1-38-16-20-49(21-17-38)51-15-13-14-50(33-51)44(7)43(6)41(4)39(2)35-56(9,10)36-40(3)42(5)48-22-18-46(19-23-48)30-52-31-47(26-27-57(11,12)60)32-53(45(52)8)37-58(28-29-58)54-24-25-55(59)34-54/h38-43,45-55H,7,13-37H2,1-6,8-12H3. The van der Waals surface area contributed by atoms with Crippen LogP contribution in [0.2, 0.25) is 0 Å². The van der Waals surface area contributed by atoms with Crippen LogP contribution >= 0.6 is 11.6 Å². The summed E-state index contributed by atoms with van der Waals surface area (Å²) in [7, 11) is 0. The fraction of sp³-hybridized carbons (Fsp3) is 0.966. The van der Waals surface area contributed by atoms with E-state index in [4.69, 9.17) is 18.2 Å². The first-order valence-electron chi connectivity index (χ1n) is 27.2. The summed E-state index contributed by atoms with van der Waals surface area (Å²) in [4.78, 5) is 0. The molecule has 348 valence electrons. The predicted octanol–water partition coefficient (Wildman–Crippen LogP) is 18.7. The lowest BCUT2D eigenvalue weighted by molar-refractivity contribution is 0.0478. The summed E-state index contributed by atoms with van der Waals surface area (Å²) in [6.07, 6.45) is 34.3. The van der Waals surface area contributed by atoms with Crippen molar-refractivity contribution in [1.82, 2.24) is 0 Å². The first-order chi connectivity index (χ1) is 28.2. The number of rotatable bonds is 19. The lowest BCUT2D eigenvalue weighted by atomic mass is 9.60. The largest absolute Gasteiger partial charge is 0.245 e. The average molecular weight is 854 g/mol. The third-order valence-corrected chi connectivity index (χ3v) is 21.3. The van der Waals surface area contributed by atoms with E-state index in [0.29, 0.717) is 28.0 Å². The van der Waals surface area contributed by atoms with Crippen molar-refractivity contribution >= 4 is 11.6 Å². The quantitative estimate of drug-likeness (QED) is 0.0897. The Labute approximate surface area is 379 Å². The fourth-order valence-corrected chi connectivity index (χ4v) is 16.4. The maximum Gasteiger partial charge on any atom is 0.105 e. The van der Waals surface area contributed by atoms with Gasteiger partial charge in [0.1, 0.15) is 5.67 Å². The number of halogens is 2. The van der Waals surface area contributed by atoms with Crippen LogP contribution in [0.4, 0.5) is 4.39 Å². The molecule has 0 aromatic heterocycles. The Hall–Kier alpha value is -0.0400. The molecule has 6 aliphatic rings. The molecule has 0 saturated heterocycles. The van der Waals surface area contributed by atoms with Crippen molar-refractivity contribution in [1.29, 1.82) is 0 Å². The molecule has 0 aliphatic heterocycles. The summed E-state index contributed by atoms with van der Waals surface area (Å²) >= 11 is 6.68. The highest BCUT2D eigenvalue weighted by Crippen LogP contribution is 2.63. The maximum absolute atomic E-state index is 14.8. The Kier molecular flexibility index (Phi) is 17.3. The number of hydrogen-bond acceptors (Lipinski definition) is 0. The lowest BCUT2D eigenvalue weighted by Crippen LogP contribution is -2.36. The molecule has 13 unspecified atom stereocenters. The molecule has 0 nitrogen and oxygen atoms in total.